The Morgan fingerprint density at radius 1 is 1.11 bits per heavy atom. The zero-order chi connectivity index (χ0) is 14.3. The van der Waals surface area contributed by atoms with Crippen LogP contribution in [0.25, 0.3) is 0 Å². The number of nitrogens with one attached hydrogen (secondary N) is 1. The van der Waals surface area contributed by atoms with Gasteiger partial charge in [-0.15, -0.1) is 0 Å². The quantitative estimate of drug-likeness (QED) is 0.769. The van der Waals surface area contributed by atoms with Crippen molar-refractivity contribution in [2.24, 2.45) is 11.8 Å². The Morgan fingerprint density at radius 2 is 1.74 bits per heavy atom. The van der Waals surface area contributed by atoms with Crippen molar-refractivity contribution in [3.8, 4) is 0 Å². The molecule has 0 atom stereocenters. The minimum absolute atomic E-state index is 0.189. The van der Waals surface area contributed by atoms with Crippen LogP contribution in [0.4, 0.5) is 10.1 Å². The summed E-state index contributed by atoms with van der Waals surface area (Å²) in [5, 5.41) is 3.28. The fraction of sp³-hybridized carbons (Fsp3) is 0.625. The molecule has 0 heterocycles. The third kappa shape index (κ3) is 7.16. The zero-order valence-corrected chi connectivity index (χ0v) is 12.6. The van der Waals surface area contributed by atoms with E-state index in [0.29, 0.717) is 11.8 Å². The van der Waals surface area contributed by atoms with Crippen LogP contribution in [0.3, 0.4) is 0 Å². The summed E-state index contributed by atoms with van der Waals surface area (Å²) in [6.45, 7) is 13.0. The van der Waals surface area contributed by atoms with Gasteiger partial charge in [-0.3, -0.25) is 0 Å². The van der Waals surface area contributed by atoms with Crippen LogP contribution in [0, 0.1) is 17.7 Å². The molecule has 1 aromatic carbocycles. The van der Waals surface area contributed by atoms with Crippen molar-refractivity contribution in [1.29, 1.82) is 0 Å². The van der Waals surface area contributed by atoms with Gasteiger partial charge in [-0.05, 0) is 30.0 Å². The van der Waals surface area contributed by atoms with Gasteiger partial charge in [0.1, 0.15) is 5.82 Å². The summed E-state index contributed by atoms with van der Waals surface area (Å²) in [6.07, 6.45) is 0. The Morgan fingerprint density at radius 3 is 2.26 bits per heavy atom. The van der Waals surface area contributed by atoms with E-state index in [1.807, 2.05) is 6.07 Å². The monoisotopic (exact) mass is 266 g/mol. The minimum atomic E-state index is -0.189. The molecule has 0 radical (unpaired) electrons. The first-order valence-corrected chi connectivity index (χ1v) is 7.19. The molecule has 108 valence electrons. The number of rotatable bonds is 8. The smallest absolute Gasteiger partial charge is 0.125 e. The lowest BCUT2D eigenvalue weighted by Gasteiger charge is -2.26. The molecule has 0 saturated carbocycles. The maximum atomic E-state index is 13.0. The van der Waals surface area contributed by atoms with Crippen molar-refractivity contribution in [1.82, 2.24) is 4.90 Å². The lowest BCUT2D eigenvalue weighted by atomic mass is 10.1. The first kappa shape index (κ1) is 16.0. The second kappa shape index (κ2) is 8.16. The van der Waals surface area contributed by atoms with Crippen molar-refractivity contribution in [3.05, 3.63) is 30.1 Å². The molecule has 0 saturated heterocycles. The van der Waals surface area contributed by atoms with Gasteiger partial charge in [-0.25, -0.2) is 4.39 Å². The van der Waals surface area contributed by atoms with Crippen LogP contribution < -0.4 is 5.32 Å². The zero-order valence-electron chi connectivity index (χ0n) is 12.6. The van der Waals surface area contributed by atoms with E-state index in [9.17, 15) is 4.39 Å². The third-order valence-electron chi connectivity index (χ3n) is 2.83. The molecule has 2 nitrogen and oxygen atoms in total. The van der Waals surface area contributed by atoms with Crippen LogP contribution >= 0.6 is 0 Å². The molecule has 0 bridgehead atoms. The van der Waals surface area contributed by atoms with Crippen LogP contribution in [0.15, 0.2) is 24.3 Å². The van der Waals surface area contributed by atoms with Crippen molar-refractivity contribution < 1.29 is 4.39 Å². The maximum Gasteiger partial charge on any atom is 0.125 e. The molecule has 0 aromatic heterocycles. The minimum Gasteiger partial charge on any atom is -0.384 e. The highest BCUT2D eigenvalue weighted by Gasteiger charge is 2.08. The molecule has 0 aliphatic heterocycles. The summed E-state index contributed by atoms with van der Waals surface area (Å²) >= 11 is 0. The highest BCUT2D eigenvalue weighted by atomic mass is 19.1. The average molecular weight is 266 g/mol. The standard InChI is InChI=1S/C16H27FN2/c1-13(2)11-19(12-14(3)4)9-8-18-16-7-5-6-15(17)10-16/h5-7,10,13-14,18H,8-9,11-12H2,1-4H3. The molecule has 0 aliphatic rings. The molecule has 0 spiro atoms. The van der Waals surface area contributed by atoms with E-state index < -0.39 is 0 Å². The van der Waals surface area contributed by atoms with Crippen molar-refractivity contribution in [3.63, 3.8) is 0 Å². The van der Waals surface area contributed by atoms with Gasteiger partial charge < -0.3 is 10.2 Å². The SMILES string of the molecule is CC(C)CN(CCNc1cccc(F)c1)CC(C)C. The van der Waals surface area contributed by atoms with E-state index in [2.05, 4.69) is 37.9 Å². The van der Waals surface area contributed by atoms with E-state index in [0.717, 1.165) is 31.9 Å². The largest absolute Gasteiger partial charge is 0.384 e. The Bertz CT molecular complexity index is 354. The fourth-order valence-corrected chi connectivity index (χ4v) is 2.25. The number of nitrogens with zero attached hydrogens (tertiary/aromatic N) is 1. The molecule has 0 amide bonds. The van der Waals surface area contributed by atoms with Gasteiger partial charge in [0.25, 0.3) is 0 Å². The second-order valence-electron chi connectivity index (χ2n) is 5.98. The summed E-state index contributed by atoms with van der Waals surface area (Å²) < 4.78 is 13.0. The number of benzene rings is 1. The van der Waals surface area contributed by atoms with Gasteiger partial charge in [0, 0.05) is 31.9 Å². The van der Waals surface area contributed by atoms with Gasteiger partial charge in [-0.2, -0.15) is 0 Å². The third-order valence-corrected chi connectivity index (χ3v) is 2.83. The van der Waals surface area contributed by atoms with Crippen LogP contribution in [-0.4, -0.2) is 31.1 Å². The molecule has 0 fully saturated rings. The molecule has 0 unspecified atom stereocenters. The number of anilines is 1. The van der Waals surface area contributed by atoms with Gasteiger partial charge >= 0.3 is 0 Å². The average Bonchev–Trinajstić information content (AvgIpc) is 2.27. The van der Waals surface area contributed by atoms with Gasteiger partial charge in [0.05, 0.1) is 0 Å². The molecule has 1 aromatic rings. The van der Waals surface area contributed by atoms with Crippen molar-refractivity contribution in [2.45, 2.75) is 27.7 Å². The lowest BCUT2D eigenvalue weighted by molar-refractivity contribution is 0.227. The summed E-state index contributed by atoms with van der Waals surface area (Å²) in [5.74, 6) is 1.16. The molecular weight excluding hydrogens is 239 g/mol. The number of halogens is 1. The predicted molar refractivity (Wildman–Crippen MR) is 81.0 cm³/mol. The molecule has 1 rings (SSSR count). The number of hydrogen-bond acceptors (Lipinski definition) is 2. The molecule has 19 heavy (non-hydrogen) atoms. The first-order chi connectivity index (χ1) is 8.97. The predicted octanol–water partition coefficient (Wildman–Crippen LogP) is 3.85. The van der Waals surface area contributed by atoms with E-state index in [1.54, 1.807) is 6.07 Å². The Balaban J connectivity index is 2.38. The Kier molecular flexibility index (Phi) is 6.85. The normalized spacial score (nSPS) is 11.6. The molecular formula is C16H27FN2. The highest BCUT2D eigenvalue weighted by Crippen LogP contribution is 2.09. The molecule has 3 heteroatoms. The summed E-state index contributed by atoms with van der Waals surface area (Å²) in [4.78, 5) is 2.47. The lowest BCUT2D eigenvalue weighted by Crippen LogP contribution is -2.35. The molecule has 1 N–H and O–H groups in total. The summed E-state index contributed by atoms with van der Waals surface area (Å²) in [5.41, 5.74) is 0.856. The number of hydrogen-bond donors (Lipinski definition) is 1. The Hall–Kier alpha value is -1.09. The first-order valence-electron chi connectivity index (χ1n) is 7.19. The summed E-state index contributed by atoms with van der Waals surface area (Å²) in [6, 6.07) is 6.64. The fourth-order valence-electron chi connectivity index (χ4n) is 2.25. The van der Waals surface area contributed by atoms with Crippen LogP contribution in [0.2, 0.25) is 0 Å². The van der Waals surface area contributed by atoms with E-state index in [4.69, 9.17) is 0 Å². The highest BCUT2D eigenvalue weighted by molar-refractivity contribution is 5.42. The maximum absolute atomic E-state index is 13.0. The van der Waals surface area contributed by atoms with Gasteiger partial charge in [0.15, 0.2) is 0 Å². The molecule has 0 aliphatic carbocycles. The second-order valence-corrected chi connectivity index (χ2v) is 5.98. The van der Waals surface area contributed by atoms with Crippen LogP contribution in [0.1, 0.15) is 27.7 Å². The van der Waals surface area contributed by atoms with Crippen molar-refractivity contribution >= 4 is 5.69 Å². The van der Waals surface area contributed by atoms with Crippen LogP contribution in [0.5, 0.6) is 0 Å². The van der Waals surface area contributed by atoms with Crippen molar-refractivity contribution in [2.75, 3.05) is 31.5 Å². The van der Waals surface area contributed by atoms with E-state index in [-0.39, 0.29) is 5.82 Å². The van der Waals surface area contributed by atoms with Crippen LogP contribution in [-0.2, 0) is 0 Å². The van der Waals surface area contributed by atoms with E-state index >= 15 is 0 Å². The van der Waals surface area contributed by atoms with Gasteiger partial charge in [-0.1, -0.05) is 33.8 Å². The Labute approximate surface area is 117 Å². The topological polar surface area (TPSA) is 15.3 Å². The summed E-state index contributed by atoms with van der Waals surface area (Å²) in [7, 11) is 0. The van der Waals surface area contributed by atoms with Gasteiger partial charge in [0.2, 0.25) is 0 Å². The van der Waals surface area contributed by atoms with E-state index in [1.165, 1.54) is 12.1 Å².